The molecule has 1 aromatic heterocycles. The third-order valence-corrected chi connectivity index (χ3v) is 4.16. The maximum absolute atomic E-state index is 12.5. The number of nitro groups is 1. The number of nitro benzene ring substituents is 1. The second kappa shape index (κ2) is 6.08. The minimum atomic E-state index is -0.444. The molecule has 1 unspecified atom stereocenters. The monoisotopic (exact) mass is 311 g/mol. The van der Waals surface area contributed by atoms with Crippen LogP contribution in [-0.2, 0) is 11.3 Å². The van der Waals surface area contributed by atoms with Crippen molar-refractivity contribution in [2.45, 2.75) is 19.5 Å². The van der Waals surface area contributed by atoms with E-state index < -0.39 is 4.92 Å². The zero-order valence-electron chi connectivity index (χ0n) is 12.8. The van der Waals surface area contributed by atoms with E-state index in [4.69, 9.17) is 0 Å². The van der Waals surface area contributed by atoms with Gasteiger partial charge in [-0.3, -0.25) is 14.9 Å². The molecule has 0 fully saturated rings. The van der Waals surface area contributed by atoms with Crippen molar-refractivity contribution in [3.63, 3.8) is 0 Å². The van der Waals surface area contributed by atoms with E-state index in [0.29, 0.717) is 12.1 Å². The van der Waals surface area contributed by atoms with Crippen LogP contribution in [0.3, 0.4) is 0 Å². The number of carbonyl (C=O) groups is 1. The number of para-hydroxylation sites is 1. The van der Waals surface area contributed by atoms with E-state index in [1.54, 1.807) is 23.1 Å². The van der Waals surface area contributed by atoms with Gasteiger partial charge in [-0.25, -0.2) is 0 Å². The summed E-state index contributed by atoms with van der Waals surface area (Å²) in [6.07, 6.45) is 4.94. The number of nitrogens with zero attached hydrogens (tertiary/aromatic N) is 3. The maximum atomic E-state index is 12.5. The summed E-state index contributed by atoms with van der Waals surface area (Å²) >= 11 is 0. The Hall–Kier alpha value is -2.89. The van der Waals surface area contributed by atoms with E-state index in [1.165, 1.54) is 18.2 Å². The van der Waals surface area contributed by atoms with E-state index in [9.17, 15) is 14.9 Å². The van der Waals surface area contributed by atoms with Gasteiger partial charge in [0.15, 0.2) is 0 Å². The Bertz CT molecular complexity index is 779. The van der Waals surface area contributed by atoms with Gasteiger partial charge < -0.3 is 9.47 Å². The van der Waals surface area contributed by atoms with Crippen molar-refractivity contribution in [2.24, 2.45) is 0 Å². The van der Waals surface area contributed by atoms with Gasteiger partial charge in [0.25, 0.3) is 5.69 Å². The van der Waals surface area contributed by atoms with Crippen LogP contribution >= 0.6 is 0 Å². The van der Waals surface area contributed by atoms with Crippen molar-refractivity contribution in [3.8, 4) is 0 Å². The molecule has 6 nitrogen and oxygen atoms in total. The highest BCUT2D eigenvalue weighted by atomic mass is 16.6. The molecule has 3 rings (SSSR count). The Morgan fingerprint density at radius 2 is 2.04 bits per heavy atom. The highest BCUT2D eigenvalue weighted by Crippen LogP contribution is 2.26. The largest absolute Gasteiger partial charge is 0.348 e. The molecule has 2 aromatic rings. The summed E-state index contributed by atoms with van der Waals surface area (Å²) in [5, 5.41) is 11.0. The number of fused-ring (bicyclic) bond motifs is 1. The van der Waals surface area contributed by atoms with Gasteiger partial charge in [0.2, 0.25) is 5.91 Å². The molecule has 1 aromatic carbocycles. The Morgan fingerprint density at radius 3 is 2.83 bits per heavy atom. The molecule has 1 aliphatic heterocycles. The number of amides is 1. The van der Waals surface area contributed by atoms with E-state index in [1.807, 2.05) is 25.3 Å². The van der Waals surface area contributed by atoms with Gasteiger partial charge in [0.05, 0.1) is 16.5 Å². The topological polar surface area (TPSA) is 68.4 Å². The van der Waals surface area contributed by atoms with Gasteiger partial charge in [-0.1, -0.05) is 12.1 Å². The molecule has 2 heterocycles. The fourth-order valence-corrected chi connectivity index (χ4v) is 2.93. The number of hydrogen-bond acceptors (Lipinski definition) is 3. The zero-order valence-corrected chi connectivity index (χ0v) is 12.8. The standard InChI is InChI=1S/C17H17N3O3/c1-13-15-7-4-10-18(15)11-12-19(13)17(21)9-8-14-5-2-3-6-16(14)20(22)23/h2-10,13H,11-12H2,1H3/b9-8+. The lowest BCUT2D eigenvalue weighted by atomic mass is 10.1. The number of benzene rings is 1. The first kappa shape index (κ1) is 15.0. The molecule has 23 heavy (non-hydrogen) atoms. The molecule has 0 N–H and O–H groups in total. The summed E-state index contributed by atoms with van der Waals surface area (Å²) in [5.74, 6) is -0.136. The molecule has 1 amide bonds. The Balaban J connectivity index is 1.79. The normalized spacial score (nSPS) is 17.3. The molecular formula is C17H17N3O3. The Labute approximate surface area is 133 Å². The lowest BCUT2D eigenvalue weighted by Gasteiger charge is -2.34. The molecule has 1 atom stereocenters. The van der Waals surface area contributed by atoms with E-state index >= 15 is 0 Å². The van der Waals surface area contributed by atoms with Crippen molar-refractivity contribution in [2.75, 3.05) is 6.54 Å². The Kier molecular flexibility index (Phi) is 3.97. The summed E-state index contributed by atoms with van der Waals surface area (Å²) in [6, 6.07) is 10.4. The fourth-order valence-electron chi connectivity index (χ4n) is 2.93. The van der Waals surface area contributed by atoms with Gasteiger partial charge in [-0.05, 0) is 31.2 Å². The van der Waals surface area contributed by atoms with Crippen LogP contribution in [0.25, 0.3) is 6.08 Å². The Morgan fingerprint density at radius 1 is 1.26 bits per heavy atom. The molecule has 0 aliphatic carbocycles. The summed E-state index contributed by atoms with van der Waals surface area (Å²) in [6.45, 7) is 3.38. The number of hydrogen-bond donors (Lipinski definition) is 0. The second-order valence-corrected chi connectivity index (χ2v) is 5.48. The molecule has 118 valence electrons. The van der Waals surface area contributed by atoms with Crippen LogP contribution in [0, 0.1) is 10.1 Å². The molecule has 0 saturated carbocycles. The molecule has 0 saturated heterocycles. The van der Waals surface area contributed by atoms with E-state index in [-0.39, 0.29) is 17.6 Å². The van der Waals surface area contributed by atoms with Crippen molar-refractivity contribution in [1.82, 2.24) is 9.47 Å². The third-order valence-electron chi connectivity index (χ3n) is 4.16. The number of rotatable bonds is 3. The quantitative estimate of drug-likeness (QED) is 0.497. The minimum Gasteiger partial charge on any atom is -0.348 e. The summed E-state index contributed by atoms with van der Waals surface area (Å²) in [4.78, 5) is 24.8. The molecule has 0 spiro atoms. The molecule has 6 heteroatoms. The van der Waals surface area contributed by atoms with Gasteiger partial charge in [-0.15, -0.1) is 0 Å². The van der Waals surface area contributed by atoms with Gasteiger partial charge in [-0.2, -0.15) is 0 Å². The summed E-state index contributed by atoms with van der Waals surface area (Å²) < 4.78 is 2.14. The minimum absolute atomic E-state index is 0.00267. The highest BCUT2D eigenvalue weighted by molar-refractivity contribution is 5.92. The van der Waals surface area contributed by atoms with Crippen LogP contribution in [0.2, 0.25) is 0 Å². The maximum Gasteiger partial charge on any atom is 0.276 e. The second-order valence-electron chi connectivity index (χ2n) is 5.48. The predicted octanol–water partition coefficient (Wildman–Crippen LogP) is 3.01. The summed E-state index contributed by atoms with van der Waals surface area (Å²) in [7, 11) is 0. The molecule has 0 bridgehead atoms. The fraction of sp³-hybridized carbons (Fsp3) is 0.235. The lowest BCUT2D eigenvalue weighted by molar-refractivity contribution is -0.385. The first-order valence-electron chi connectivity index (χ1n) is 7.45. The van der Waals surface area contributed by atoms with Crippen molar-refractivity contribution < 1.29 is 9.72 Å². The van der Waals surface area contributed by atoms with Crippen LogP contribution in [-0.4, -0.2) is 26.8 Å². The SMILES string of the molecule is CC1c2cccn2CCN1C(=O)/C=C/c1ccccc1[N+](=O)[O-]. The third kappa shape index (κ3) is 2.88. The molecule has 1 aliphatic rings. The van der Waals surface area contributed by atoms with Gasteiger partial charge in [0.1, 0.15) is 0 Å². The number of carbonyl (C=O) groups excluding carboxylic acids is 1. The average Bonchev–Trinajstić information content (AvgIpc) is 3.02. The smallest absolute Gasteiger partial charge is 0.276 e. The van der Waals surface area contributed by atoms with Gasteiger partial charge in [0, 0.05) is 37.1 Å². The van der Waals surface area contributed by atoms with E-state index in [0.717, 1.165) is 12.2 Å². The average molecular weight is 311 g/mol. The number of aromatic nitrogens is 1. The van der Waals surface area contributed by atoms with E-state index in [2.05, 4.69) is 4.57 Å². The van der Waals surface area contributed by atoms with Crippen LogP contribution in [0.15, 0.2) is 48.7 Å². The van der Waals surface area contributed by atoms with Crippen molar-refractivity contribution in [1.29, 1.82) is 0 Å². The summed E-state index contributed by atoms with van der Waals surface area (Å²) in [5.41, 5.74) is 1.53. The van der Waals surface area contributed by atoms with Gasteiger partial charge >= 0.3 is 0 Å². The molecular weight excluding hydrogens is 294 g/mol. The lowest BCUT2D eigenvalue weighted by Crippen LogP contribution is -2.39. The van der Waals surface area contributed by atoms with Crippen molar-refractivity contribution >= 4 is 17.7 Å². The molecule has 0 radical (unpaired) electrons. The van der Waals surface area contributed by atoms with Crippen LogP contribution in [0.1, 0.15) is 24.2 Å². The zero-order chi connectivity index (χ0) is 16.4. The highest BCUT2D eigenvalue weighted by Gasteiger charge is 2.26. The predicted molar refractivity (Wildman–Crippen MR) is 86.7 cm³/mol. The van der Waals surface area contributed by atoms with Crippen LogP contribution in [0.4, 0.5) is 5.69 Å². The van der Waals surface area contributed by atoms with Crippen LogP contribution < -0.4 is 0 Å². The van der Waals surface area contributed by atoms with Crippen molar-refractivity contribution in [3.05, 3.63) is 70.0 Å². The van der Waals surface area contributed by atoms with Crippen LogP contribution in [0.5, 0.6) is 0 Å². The first-order valence-corrected chi connectivity index (χ1v) is 7.45. The first-order chi connectivity index (χ1) is 11.1.